The molecule has 0 atom stereocenters. The Balaban J connectivity index is 2.73. The lowest BCUT2D eigenvalue weighted by atomic mass is 10.2. The van der Waals surface area contributed by atoms with Gasteiger partial charge in [-0.2, -0.15) is 0 Å². The standard InChI is InChI=1S/C10H8N2O2/c1-6-4-5-11-9-7(6)2-3-8(12-9)10(13)14/h2-5H,1H3,(H,13,14). The predicted molar refractivity (Wildman–Crippen MR) is 51.2 cm³/mol. The molecule has 14 heavy (non-hydrogen) atoms. The molecular formula is C10H8N2O2. The Labute approximate surface area is 80.2 Å². The van der Waals surface area contributed by atoms with Crippen molar-refractivity contribution in [3.8, 4) is 0 Å². The smallest absolute Gasteiger partial charge is 0.354 e. The molecule has 1 N–H and O–H groups in total. The zero-order valence-electron chi connectivity index (χ0n) is 7.56. The average molecular weight is 188 g/mol. The zero-order valence-corrected chi connectivity index (χ0v) is 7.56. The lowest BCUT2D eigenvalue weighted by Crippen LogP contribution is -2.00. The fraction of sp³-hybridized carbons (Fsp3) is 0.100. The van der Waals surface area contributed by atoms with E-state index in [0.717, 1.165) is 10.9 Å². The third kappa shape index (κ3) is 1.31. The summed E-state index contributed by atoms with van der Waals surface area (Å²) in [4.78, 5) is 18.6. The van der Waals surface area contributed by atoms with E-state index in [4.69, 9.17) is 5.11 Å². The number of hydrogen-bond donors (Lipinski definition) is 1. The minimum absolute atomic E-state index is 0.0237. The van der Waals surface area contributed by atoms with Crippen molar-refractivity contribution in [3.63, 3.8) is 0 Å². The molecule has 0 amide bonds. The van der Waals surface area contributed by atoms with Crippen LogP contribution in [0.5, 0.6) is 0 Å². The van der Waals surface area contributed by atoms with E-state index in [1.165, 1.54) is 6.07 Å². The van der Waals surface area contributed by atoms with Crippen molar-refractivity contribution in [1.82, 2.24) is 9.97 Å². The summed E-state index contributed by atoms with van der Waals surface area (Å²) < 4.78 is 0. The van der Waals surface area contributed by atoms with Crippen LogP contribution in [0.15, 0.2) is 24.4 Å². The maximum atomic E-state index is 10.6. The summed E-state index contributed by atoms with van der Waals surface area (Å²) >= 11 is 0. The van der Waals surface area contributed by atoms with Crippen molar-refractivity contribution in [2.75, 3.05) is 0 Å². The molecule has 2 heterocycles. The van der Waals surface area contributed by atoms with E-state index >= 15 is 0 Å². The Morgan fingerprint density at radius 2 is 2.14 bits per heavy atom. The summed E-state index contributed by atoms with van der Waals surface area (Å²) in [5, 5.41) is 9.61. The van der Waals surface area contributed by atoms with Crippen molar-refractivity contribution in [2.45, 2.75) is 6.92 Å². The predicted octanol–water partition coefficient (Wildman–Crippen LogP) is 1.64. The van der Waals surface area contributed by atoms with Crippen LogP contribution in [0.2, 0.25) is 0 Å². The van der Waals surface area contributed by atoms with Crippen LogP contribution >= 0.6 is 0 Å². The van der Waals surface area contributed by atoms with E-state index in [0.29, 0.717) is 5.65 Å². The highest BCUT2D eigenvalue weighted by atomic mass is 16.4. The molecule has 70 valence electrons. The van der Waals surface area contributed by atoms with Gasteiger partial charge in [0.2, 0.25) is 0 Å². The molecule has 0 aliphatic rings. The summed E-state index contributed by atoms with van der Waals surface area (Å²) in [5.74, 6) is -1.03. The Kier molecular flexibility index (Phi) is 1.89. The first kappa shape index (κ1) is 8.62. The van der Waals surface area contributed by atoms with Gasteiger partial charge in [-0.1, -0.05) is 0 Å². The fourth-order valence-corrected chi connectivity index (χ4v) is 1.28. The molecular weight excluding hydrogens is 180 g/mol. The molecule has 0 aliphatic carbocycles. The molecule has 0 bridgehead atoms. The van der Waals surface area contributed by atoms with Gasteiger partial charge < -0.3 is 5.11 Å². The second kappa shape index (κ2) is 3.06. The monoisotopic (exact) mass is 188 g/mol. The molecule has 2 aromatic rings. The van der Waals surface area contributed by atoms with Gasteiger partial charge in [-0.3, -0.25) is 0 Å². The van der Waals surface area contributed by atoms with Gasteiger partial charge in [0.25, 0.3) is 0 Å². The Hall–Kier alpha value is -1.97. The first-order valence-corrected chi connectivity index (χ1v) is 4.14. The lowest BCUT2D eigenvalue weighted by molar-refractivity contribution is 0.0691. The van der Waals surface area contributed by atoms with Crippen LogP contribution in [0, 0.1) is 6.92 Å². The van der Waals surface area contributed by atoms with Gasteiger partial charge >= 0.3 is 5.97 Å². The van der Waals surface area contributed by atoms with Gasteiger partial charge in [-0.05, 0) is 30.7 Å². The van der Waals surface area contributed by atoms with Crippen LogP contribution in [0.4, 0.5) is 0 Å². The van der Waals surface area contributed by atoms with Crippen molar-refractivity contribution in [1.29, 1.82) is 0 Å². The number of fused-ring (bicyclic) bond motifs is 1. The maximum absolute atomic E-state index is 10.6. The van der Waals surface area contributed by atoms with E-state index in [2.05, 4.69) is 9.97 Å². The van der Waals surface area contributed by atoms with Crippen molar-refractivity contribution in [3.05, 3.63) is 35.7 Å². The maximum Gasteiger partial charge on any atom is 0.354 e. The Morgan fingerprint density at radius 3 is 2.86 bits per heavy atom. The number of aromatic nitrogens is 2. The average Bonchev–Trinajstić information content (AvgIpc) is 2.17. The van der Waals surface area contributed by atoms with Crippen LogP contribution in [0.3, 0.4) is 0 Å². The van der Waals surface area contributed by atoms with Crippen LogP contribution in [0.1, 0.15) is 16.1 Å². The van der Waals surface area contributed by atoms with E-state index in [1.54, 1.807) is 12.3 Å². The first-order chi connectivity index (χ1) is 6.68. The van der Waals surface area contributed by atoms with Gasteiger partial charge in [0, 0.05) is 11.6 Å². The highest BCUT2D eigenvalue weighted by molar-refractivity contribution is 5.89. The lowest BCUT2D eigenvalue weighted by Gasteiger charge is -2.00. The molecule has 0 fully saturated rings. The number of aromatic carboxylic acids is 1. The van der Waals surface area contributed by atoms with E-state index in [1.807, 2.05) is 13.0 Å². The number of aryl methyl sites for hydroxylation is 1. The van der Waals surface area contributed by atoms with Crippen LogP contribution in [-0.4, -0.2) is 21.0 Å². The second-order valence-corrected chi connectivity index (χ2v) is 3.00. The molecule has 2 aromatic heterocycles. The van der Waals surface area contributed by atoms with Crippen molar-refractivity contribution >= 4 is 17.0 Å². The zero-order chi connectivity index (χ0) is 10.1. The quantitative estimate of drug-likeness (QED) is 0.738. The third-order valence-electron chi connectivity index (χ3n) is 2.04. The van der Waals surface area contributed by atoms with Gasteiger partial charge in [-0.25, -0.2) is 14.8 Å². The van der Waals surface area contributed by atoms with Crippen LogP contribution < -0.4 is 0 Å². The summed E-state index contributed by atoms with van der Waals surface area (Å²) in [7, 11) is 0. The molecule has 0 aliphatic heterocycles. The summed E-state index contributed by atoms with van der Waals surface area (Å²) in [5.41, 5.74) is 1.54. The van der Waals surface area contributed by atoms with Crippen LogP contribution in [-0.2, 0) is 0 Å². The van der Waals surface area contributed by atoms with Gasteiger partial charge in [0.1, 0.15) is 0 Å². The van der Waals surface area contributed by atoms with E-state index in [9.17, 15) is 4.79 Å². The SMILES string of the molecule is Cc1ccnc2nc(C(=O)O)ccc12. The van der Waals surface area contributed by atoms with Crippen molar-refractivity contribution in [2.24, 2.45) is 0 Å². The third-order valence-corrected chi connectivity index (χ3v) is 2.04. The molecule has 0 aromatic carbocycles. The number of carboxylic acid groups (broad SMARTS) is 1. The van der Waals surface area contributed by atoms with Crippen molar-refractivity contribution < 1.29 is 9.90 Å². The molecule has 0 spiro atoms. The van der Waals surface area contributed by atoms with Crippen LogP contribution in [0.25, 0.3) is 11.0 Å². The number of hydrogen-bond acceptors (Lipinski definition) is 3. The minimum Gasteiger partial charge on any atom is -0.477 e. The minimum atomic E-state index is -1.03. The normalized spacial score (nSPS) is 10.4. The first-order valence-electron chi connectivity index (χ1n) is 4.14. The number of carbonyl (C=O) groups is 1. The molecule has 0 saturated carbocycles. The molecule has 4 nitrogen and oxygen atoms in total. The Bertz CT molecular complexity index is 508. The van der Waals surface area contributed by atoms with Gasteiger partial charge in [-0.15, -0.1) is 0 Å². The number of nitrogens with zero attached hydrogens (tertiary/aromatic N) is 2. The second-order valence-electron chi connectivity index (χ2n) is 3.00. The highest BCUT2D eigenvalue weighted by Crippen LogP contribution is 2.14. The number of rotatable bonds is 1. The number of pyridine rings is 2. The molecule has 0 saturated heterocycles. The Morgan fingerprint density at radius 1 is 1.36 bits per heavy atom. The molecule has 0 radical (unpaired) electrons. The van der Waals surface area contributed by atoms with E-state index < -0.39 is 5.97 Å². The fourth-order valence-electron chi connectivity index (χ4n) is 1.28. The topological polar surface area (TPSA) is 63.1 Å². The number of carboxylic acids is 1. The highest BCUT2D eigenvalue weighted by Gasteiger charge is 2.06. The summed E-state index contributed by atoms with van der Waals surface area (Å²) in [6, 6.07) is 5.08. The van der Waals surface area contributed by atoms with E-state index in [-0.39, 0.29) is 5.69 Å². The largest absolute Gasteiger partial charge is 0.477 e. The summed E-state index contributed by atoms with van der Waals surface area (Å²) in [6.07, 6.45) is 1.62. The molecule has 2 rings (SSSR count). The van der Waals surface area contributed by atoms with Gasteiger partial charge in [0.15, 0.2) is 11.3 Å². The molecule has 0 unspecified atom stereocenters. The summed E-state index contributed by atoms with van der Waals surface area (Å²) in [6.45, 7) is 1.94. The van der Waals surface area contributed by atoms with Gasteiger partial charge in [0.05, 0.1) is 0 Å². The molecule has 4 heteroatoms.